The molecule has 0 aromatic carbocycles. The summed E-state index contributed by atoms with van der Waals surface area (Å²) in [7, 11) is 0. The molecule has 1 rings (SSSR count). The minimum Gasteiger partial charge on any atom is -0.308 e. The van der Waals surface area contributed by atoms with Gasteiger partial charge >= 0.3 is 0 Å². The van der Waals surface area contributed by atoms with Gasteiger partial charge in [-0.3, -0.25) is 0 Å². The lowest BCUT2D eigenvalue weighted by Gasteiger charge is -2.22. The third-order valence-corrected chi connectivity index (χ3v) is 2.99. The van der Waals surface area contributed by atoms with E-state index < -0.39 is 0 Å². The Kier molecular flexibility index (Phi) is 3.80. The van der Waals surface area contributed by atoms with Gasteiger partial charge in [-0.05, 0) is 32.6 Å². The fourth-order valence-electron chi connectivity index (χ4n) is 2.08. The van der Waals surface area contributed by atoms with Crippen molar-refractivity contribution in [3.8, 4) is 0 Å². The molecule has 1 N–H and O–H groups in total. The summed E-state index contributed by atoms with van der Waals surface area (Å²) < 4.78 is 0. The van der Waals surface area contributed by atoms with Crippen LogP contribution in [0.1, 0.15) is 39.5 Å². The van der Waals surface area contributed by atoms with Crippen LogP contribution in [-0.4, -0.2) is 12.1 Å². The van der Waals surface area contributed by atoms with Gasteiger partial charge in [-0.15, -0.1) is 6.58 Å². The summed E-state index contributed by atoms with van der Waals surface area (Å²) in [5.41, 5.74) is 0. The minimum atomic E-state index is 0.459. The summed E-state index contributed by atoms with van der Waals surface area (Å²) in [6.07, 6.45) is 7.67. The fourth-order valence-corrected chi connectivity index (χ4v) is 2.08. The van der Waals surface area contributed by atoms with Crippen molar-refractivity contribution in [3.05, 3.63) is 12.7 Å². The number of hydrogen-bond donors (Lipinski definition) is 1. The molecule has 0 amide bonds. The number of nitrogens with one attached hydrogen (secondary N) is 1. The first kappa shape index (κ1) is 9.79. The van der Waals surface area contributed by atoms with Gasteiger partial charge in [-0.2, -0.15) is 0 Å². The van der Waals surface area contributed by atoms with Gasteiger partial charge in [0.2, 0.25) is 0 Å². The van der Waals surface area contributed by atoms with E-state index in [1.165, 1.54) is 25.7 Å². The maximum absolute atomic E-state index is 3.78. The van der Waals surface area contributed by atoms with Crippen molar-refractivity contribution in [2.24, 2.45) is 5.92 Å². The molecule has 1 saturated carbocycles. The van der Waals surface area contributed by atoms with E-state index in [1.807, 2.05) is 6.08 Å². The highest BCUT2D eigenvalue weighted by molar-refractivity contribution is 4.86. The van der Waals surface area contributed by atoms with Crippen molar-refractivity contribution >= 4 is 0 Å². The van der Waals surface area contributed by atoms with Gasteiger partial charge in [0.05, 0.1) is 0 Å². The van der Waals surface area contributed by atoms with E-state index in [4.69, 9.17) is 0 Å². The predicted octanol–water partition coefficient (Wildman–Crippen LogP) is 2.73. The summed E-state index contributed by atoms with van der Waals surface area (Å²) in [5, 5.41) is 3.55. The van der Waals surface area contributed by atoms with Gasteiger partial charge in [0.25, 0.3) is 0 Å². The molecule has 2 atom stereocenters. The van der Waals surface area contributed by atoms with Crippen molar-refractivity contribution in [2.75, 3.05) is 0 Å². The van der Waals surface area contributed by atoms with Crippen LogP contribution in [0.15, 0.2) is 12.7 Å². The molecule has 0 aromatic heterocycles. The van der Waals surface area contributed by atoms with Crippen LogP contribution in [0.3, 0.4) is 0 Å². The topological polar surface area (TPSA) is 12.0 Å². The van der Waals surface area contributed by atoms with Crippen LogP contribution in [0, 0.1) is 5.92 Å². The van der Waals surface area contributed by atoms with Crippen LogP contribution in [0.4, 0.5) is 0 Å². The minimum absolute atomic E-state index is 0.459. The normalized spacial score (nSPS) is 23.8. The zero-order chi connectivity index (χ0) is 8.97. The fraction of sp³-hybridized carbons (Fsp3) is 0.818. The highest BCUT2D eigenvalue weighted by Crippen LogP contribution is 2.27. The highest BCUT2D eigenvalue weighted by atomic mass is 14.9. The molecule has 1 nitrogen and oxygen atoms in total. The largest absolute Gasteiger partial charge is 0.308 e. The molecule has 1 fully saturated rings. The predicted molar refractivity (Wildman–Crippen MR) is 54.2 cm³/mol. The van der Waals surface area contributed by atoms with Crippen LogP contribution < -0.4 is 5.32 Å². The Morgan fingerprint density at radius 1 is 1.33 bits per heavy atom. The van der Waals surface area contributed by atoms with Gasteiger partial charge in [-0.25, -0.2) is 0 Å². The zero-order valence-electron chi connectivity index (χ0n) is 8.34. The van der Waals surface area contributed by atoms with Crippen molar-refractivity contribution in [3.63, 3.8) is 0 Å². The molecule has 12 heavy (non-hydrogen) atoms. The smallest absolute Gasteiger partial charge is 0.0221 e. The standard InChI is InChI=1S/C11H21N/c1-4-9(2)12-10(3)11-7-5-6-8-11/h4,9-12H,1,5-8H2,2-3H3/t9?,10-/m1/s1. The quantitative estimate of drug-likeness (QED) is 0.635. The van der Waals surface area contributed by atoms with Gasteiger partial charge in [0.15, 0.2) is 0 Å². The van der Waals surface area contributed by atoms with Crippen molar-refractivity contribution in [2.45, 2.75) is 51.6 Å². The summed E-state index contributed by atoms with van der Waals surface area (Å²) in [6, 6.07) is 1.13. The molecule has 0 saturated heterocycles. The van der Waals surface area contributed by atoms with Crippen molar-refractivity contribution in [1.82, 2.24) is 5.32 Å². The molecule has 1 heteroatoms. The van der Waals surface area contributed by atoms with E-state index in [0.717, 1.165) is 5.92 Å². The maximum atomic E-state index is 3.78. The molecule has 1 unspecified atom stereocenters. The maximum Gasteiger partial charge on any atom is 0.0221 e. The summed E-state index contributed by atoms with van der Waals surface area (Å²) in [4.78, 5) is 0. The molecule has 0 heterocycles. The molecule has 0 bridgehead atoms. The molecule has 1 aliphatic carbocycles. The summed E-state index contributed by atoms with van der Waals surface area (Å²) in [5.74, 6) is 0.910. The van der Waals surface area contributed by atoms with Gasteiger partial charge in [0.1, 0.15) is 0 Å². The molecule has 0 radical (unpaired) electrons. The van der Waals surface area contributed by atoms with E-state index in [1.54, 1.807) is 0 Å². The zero-order valence-corrected chi connectivity index (χ0v) is 8.34. The Hall–Kier alpha value is -0.300. The Bertz CT molecular complexity index is 136. The SMILES string of the molecule is C=CC(C)N[C@H](C)C1CCCC1. The van der Waals surface area contributed by atoms with Crippen LogP contribution in [-0.2, 0) is 0 Å². The first-order valence-electron chi connectivity index (χ1n) is 5.12. The average molecular weight is 167 g/mol. The molecular weight excluding hydrogens is 146 g/mol. The van der Waals surface area contributed by atoms with Crippen molar-refractivity contribution in [1.29, 1.82) is 0 Å². The van der Waals surface area contributed by atoms with E-state index in [0.29, 0.717) is 12.1 Å². The second kappa shape index (κ2) is 4.66. The average Bonchev–Trinajstić information content (AvgIpc) is 2.56. The molecule has 0 aliphatic heterocycles. The number of rotatable bonds is 4. The highest BCUT2D eigenvalue weighted by Gasteiger charge is 2.21. The van der Waals surface area contributed by atoms with Crippen LogP contribution in [0.2, 0.25) is 0 Å². The second-order valence-electron chi connectivity index (χ2n) is 4.02. The third kappa shape index (κ3) is 2.63. The van der Waals surface area contributed by atoms with E-state index >= 15 is 0 Å². The number of hydrogen-bond acceptors (Lipinski definition) is 1. The summed E-state index contributed by atoms with van der Waals surface area (Å²) in [6.45, 7) is 8.24. The monoisotopic (exact) mass is 167 g/mol. The van der Waals surface area contributed by atoms with Gasteiger partial charge in [-0.1, -0.05) is 18.9 Å². The molecular formula is C11H21N. The first-order valence-corrected chi connectivity index (χ1v) is 5.12. The Labute approximate surface area is 76.2 Å². The lowest BCUT2D eigenvalue weighted by atomic mass is 9.99. The Morgan fingerprint density at radius 2 is 1.92 bits per heavy atom. The van der Waals surface area contributed by atoms with Crippen LogP contribution >= 0.6 is 0 Å². The van der Waals surface area contributed by atoms with E-state index in [9.17, 15) is 0 Å². The van der Waals surface area contributed by atoms with Gasteiger partial charge < -0.3 is 5.32 Å². The van der Waals surface area contributed by atoms with Crippen LogP contribution in [0.25, 0.3) is 0 Å². The van der Waals surface area contributed by atoms with Crippen LogP contribution in [0.5, 0.6) is 0 Å². The lowest BCUT2D eigenvalue weighted by molar-refractivity contribution is 0.369. The van der Waals surface area contributed by atoms with Crippen molar-refractivity contribution < 1.29 is 0 Å². The molecule has 0 aromatic rings. The lowest BCUT2D eigenvalue weighted by Crippen LogP contribution is -2.37. The first-order chi connectivity index (χ1) is 5.74. The Morgan fingerprint density at radius 3 is 2.42 bits per heavy atom. The molecule has 0 spiro atoms. The van der Waals surface area contributed by atoms with E-state index in [-0.39, 0.29) is 0 Å². The second-order valence-corrected chi connectivity index (χ2v) is 4.02. The van der Waals surface area contributed by atoms with Gasteiger partial charge in [0, 0.05) is 12.1 Å². The van der Waals surface area contributed by atoms with E-state index in [2.05, 4.69) is 25.7 Å². The molecule has 70 valence electrons. The molecule has 1 aliphatic rings. The Balaban J connectivity index is 2.26. The summed E-state index contributed by atoms with van der Waals surface area (Å²) >= 11 is 0. The third-order valence-electron chi connectivity index (χ3n) is 2.99.